The molecule has 0 saturated heterocycles. The molecule has 2 aromatic carbocycles. The summed E-state index contributed by atoms with van der Waals surface area (Å²) >= 11 is 1.73. The highest BCUT2D eigenvalue weighted by molar-refractivity contribution is 14.0. The van der Waals surface area contributed by atoms with Gasteiger partial charge >= 0.3 is 0 Å². The Balaban J connectivity index is 0.00000272. The molecule has 0 spiro atoms. The van der Waals surface area contributed by atoms with Crippen LogP contribution in [0.15, 0.2) is 65.0 Å². The number of rotatable bonds is 6. The Kier molecular flexibility index (Phi) is 8.03. The number of aryl methyl sites for hydroxylation is 1. The topological polar surface area (TPSA) is 67.1 Å². The molecule has 0 aliphatic rings. The SMILES string of the molecule is Cc1nnc(CN=C(NCc2cccs2)NC(C)c2ccc3ccccc3c2)n1C.I. The van der Waals surface area contributed by atoms with Gasteiger partial charge in [-0.1, -0.05) is 42.5 Å². The van der Waals surface area contributed by atoms with Crippen molar-refractivity contribution in [2.24, 2.45) is 12.0 Å². The number of thiophene rings is 1. The molecule has 8 heteroatoms. The number of guanidine groups is 1. The van der Waals surface area contributed by atoms with Crippen molar-refractivity contribution in [1.82, 2.24) is 25.4 Å². The third-order valence-electron chi connectivity index (χ3n) is 5.20. The summed E-state index contributed by atoms with van der Waals surface area (Å²) in [7, 11) is 1.96. The van der Waals surface area contributed by atoms with Gasteiger partial charge in [0.25, 0.3) is 0 Å². The molecule has 0 saturated carbocycles. The summed E-state index contributed by atoms with van der Waals surface area (Å²) in [5.74, 6) is 2.47. The van der Waals surface area contributed by atoms with Crippen molar-refractivity contribution in [2.45, 2.75) is 33.0 Å². The van der Waals surface area contributed by atoms with Crippen molar-refractivity contribution in [1.29, 1.82) is 0 Å². The largest absolute Gasteiger partial charge is 0.351 e. The molecule has 0 aliphatic carbocycles. The lowest BCUT2D eigenvalue weighted by Crippen LogP contribution is -2.38. The minimum Gasteiger partial charge on any atom is -0.351 e. The number of hydrogen-bond acceptors (Lipinski definition) is 4. The van der Waals surface area contributed by atoms with Gasteiger partial charge in [-0.3, -0.25) is 0 Å². The first-order valence-electron chi connectivity index (χ1n) is 10.0. The summed E-state index contributed by atoms with van der Waals surface area (Å²) in [6.07, 6.45) is 0. The van der Waals surface area contributed by atoms with E-state index >= 15 is 0 Å². The molecular formula is C23H27IN6S. The highest BCUT2D eigenvalue weighted by atomic mass is 127. The van der Waals surface area contributed by atoms with Crippen molar-refractivity contribution in [3.63, 3.8) is 0 Å². The normalized spacial score (nSPS) is 12.4. The molecule has 2 heterocycles. The van der Waals surface area contributed by atoms with Crippen LogP contribution in [0.2, 0.25) is 0 Å². The van der Waals surface area contributed by atoms with Crippen LogP contribution in [-0.4, -0.2) is 20.7 Å². The van der Waals surface area contributed by atoms with Gasteiger partial charge in [0.15, 0.2) is 11.8 Å². The first-order valence-corrected chi connectivity index (χ1v) is 10.9. The Morgan fingerprint density at radius 1 is 1.10 bits per heavy atom. The maximum atomic E-state index is 4.77. The molecule has 2 aromatic heterocycles. The minimum absolute atomic E-state index is 0. The van der Waals surface area contributed by atoms with E-state index in [0.717, 1.165) is 24.2 Å². The molecule has 0 radical (unpaired) electrons. The summed E-state index contributed by atoms with van der Waals surface area (Å²) in [6, 6.07) is 19.3. The minimum atomic E-state index is 0. The van der Waals surface area contributed by atoms with Crippen molar-refractivity contribution in [3.8, 4) is 0 Å². The zero-order valence-corrected chi connectivity index (χ0v) is 21.0. The van der Waals surface area contributed by atoms with E-state index in [1.807, 2.05) is 18.5 Å². The lowest BCUT2D eigenvalue weighted by atomic mass is 10.0. The Labute approximate surface area is 203 Å². The van der Waals surface area contributed by atoms with E-state index in [4.69, 9.17) is 4.99 Å². The molecule has 6 nitrogen and oxygen atoms in total. The van der Waals surface area contributed by atoms with E-state index in [1.165, 1.54) is 21.2 Å². The summed E-state index contributed by atoms with van der Waals surface area (Å²) < 4.78 is 1.97. The summed E-state index contributed by atoms with van der Waals surface area (Å²) in [4.78, 5) is 6.03. The Morgan fingerprint density at radius 3 is 2.61 bits per heavy atom. The molecule has 1 atom stereocenters. The van der Waals surface area contributed by atoms with Gasteiger partial charge in [-0.25, -0.2) is 4.99 Å². The standard InChI is InChI=1S/C23H26N6S.HI/c1-16(19-11-10-18-7-4-5-8-20(18)13-19)26-23(24-14-21-9-6-12-30-21)25-15-22-28-27-17(2)29(22)3;/h4-13,16H,14-15H2,1-3H3,(H2,24,25,26);1H. The van der Waals surface area contributed by atoms with E-state index in [-0.39, 0.29) is 30.0 Å². The van der Waals surface area contributed by atoms with Gasteiger partial charge in [0.2, 0.25) is 0 Å². The van der Waals surface area contributed by atoms with Crippen molar-refractivity contribution in [3.05, 3.63) is 82.1 Å². The lowest BCUT2D eigenvalue weighted by molar-refractivity contribution is 0.678. The summed E-state index contributed by atoms with van der Waals surface area (Å²) in [5.41, 5.74) is 1.22. The van der Waals surface area contributed by atoms with Crippen LogP contribution < -0.4 is 10.6 Å². The number of aliphatic imine (C=N–C) groups is 1. The van der Waals surface area contributed by atoms with Crippen LogP contribution in [0.4, 0.5) is 0 Å². The van der Waals surface area contributed by atoms with Gasteiger partial charge in [-0.2, -0.15) is 0 Å². The predicted molar refractivity (Wildman–Crippen MR) is 139 cm³/mol. The summed E-state index contributed by atoms with van der Waals surface area (Å²) in [5, 5.41) is 19.9. The fourth-order valence-electron chi connectivity index (χ4n) is 3.24. The van der Waals surface area contributed by atoms with Crippen LogP contribution in [0.1, 0.15) is 35.1 Å². The van der Waals surface area contributed by atoms with E-state index in [9.17, 15) is 0 Å². The lowest BCUT2D eigenvalue weighted by Gasteiger charge is -2.19. The number of benzene rings is 2. The zero-order valence-electron chi connectivity index (χ0n) is 17.9. The number of hydrogen-bond donors (Lipinski definition) is 2. The molecule has 0 fully saturated rings. The zero-order chi connectivity index (χ0) is 20.9. The molecule has 4 rings (SSSR count). The van der Waals surface area contributed by atoms with Crippen LogP contribution in [-0.2, 0) is 20.1 Å². The van der Waals surface area contributed by atoms with E-state index in [0.29, 0.717) is 6.54 Å². The van der Waals surface area contributed by atoms with Gasteiger partial charge in [0.05, 0.1) is 12.6 Å². The maximum absolute atomic E-state index is 4.77. The number of nitrogens with one attached hydrogen (secondary N) is 2. The average Bonchev–Trinajstić information content (AvgIpc) is 3.40. The van der Waals surface area contributed by atoms with E-state index < -0.39 is 0 Å². The van der Waals surface area contributed by atoms with Gasteiger partial charge in [0.1, 0.15) is 12.4 Å². The predicted octanol–water partition coefficient (Wildman–Crippen LogP) is 4.95. The fourth-order valence-corrected chi connectivity index (χ4v) is 3.89. The van der Waals surface area contributed by atoms with E-state index in [1.54, 1.807) is 11.3 Å². The first-order chi connectivity index (χ1) is 14.6. The maximum Gasteiger partial charge on any atom is 0.192 e. The highest BCUT2D eigenvalue weighted by Crippen LogP contribution is 2.20. The third kappa shape index (κ3) is 5.82. The van der Waals surface area contributed by atoms with Crippen LogP contribution >= 0.6 is 35.3 Å². The van der Waals surface area contributed by atoms with Crippen LogP contribution in [0.3, 0.4) is 0 Å². The molecule has 0 aliphatic heterocycles. The quantitative estimate of drug-likeness (QED) is 0.204. The summed E-state index contributed by atoms with van der Waals surface area (Å²) in [6.45, 7) is 5.28. The smallest absolute Gasteiger partial charge is 0.192 e. The number of nitrogens with zero attached hydrogens (tertiary/aromatic N) is 4. The average molecular weight is 546 g/mol. The first kappa shape index (κ1) is 23.2. The van der Waals surface area contributed by atoms with E-state index in [2.05, 4.69) is 87.7 Å². The van der Waals surface area contributed by atoms with Gasteiger partial charge in [-0.15, -0.1) is 45.5 Å². The Hall–Kier alpha value is -2.46. The van der Waals surface area contributed by atoms with Crippen LogP contribution in [0.5, 0.6) is 0 Å². The molecule has 4 aromatic rings. The monoisotopic (exact) mass is 546 g/mol. The molecule has 1 unspecified atom stereocenters. The van der Waals surface area contributed by atoms with Crippen molar-refractivity contribution >= 4 is 52.0 Å². The molecule has 2 N–H and O–H groups in total. The fraction of sp³-hybridized carbons (Fsp3) is 0.261. The van der Waals surface area contributed by atoms with Crippen molar-refractivity contribution < 1.29 is 0 Å². The Bertz CT molecular complexity index is 1150. The molecule has 0 bridgehead atoms. The molecule has 31 heavy (non-hydrogen) atoms. The van der Waals surface area contributed by atoms with Crippen molar-refractivity contribution in [2.75, 3.05) is 0 Å². The number of aromatic nitrogens is 3. The molecular weight excluding hydrogens is 519 g/mol. The number of halogens is 1. The van der Waals surface area contributed by atoms with Gasteiger partial charge in [-0.05, 0) is 47.7 Å². The second-order valence-corrected chi connectivity index (χ2v) is 8.33. The molecule has 0 amide bonds. The highest BCUT2D eigenvalue weighted by Gasteiger charge is 2.11. The van der Waals surface area contributed by atoms with Gasteiger partial charge in [0, 0.05) is 11.9 Å². The second kappa shape index (κ2) is 10.7. The van der Waals surface area contributed by atoms with Crippen LogP contribution in [0.25, 0.3) is 10.8 Å². The Morgan fingerprint density at radius 2 is 1.90 bits per heavy atom. The second-order valence-electron chi connectivity index (χ2n) is 7.29. The molecule has 162 valence electrons. The third-order valence-corrected chi connectivity index (χ3v) is 6.07. The van der Waals surface area contributed by atoms with Gasteiger partial charge < -0.3 is 15.2 Å². The number of fused-ring (bicyclic) bond motifs is 1. The van der Waals surface area contributed by atoms with Crippen LogP contribution in [0, 0.1) is 6.92 Å².